The number of benzene rings is 1. The molecule has 0 N–H and O–H groups in total. The molecule has 2 fully saturated rings. The lowest BCUT2D eigenvalue weighted by Crippen LogP contribution is -2.50. The minimum Gasteiger partial charge on any atom is -0.466 e. The number of piperidine rings is 2. The van der Waals surface area contributed by atoms with Crippen LogP contribution in [0.15, 0.2) is 30.3 Å². The van der Waals surface area contributed by atoms with E-state index in [2.05, 4.69) is 61.8 Å². The normalized spacial score (nSPS) is 16.2. The lowest BCUT2D eigenvalue weighted by atomic mass is 9.71. The van der Waals surface area contributed by atoms with Crippen molar-refractivity contribution >= 4 is 11.9 Å². The van der Waals surface area contributed by atoms with Gasteiger partial charge in [0.05, 0.1) is 32.7 Å². The first kappa shape index (κ1) is 50.4. The molecule has 0 atom stereocenters. The third-order valence-corrected chi connectivity index (χ3v) is 13.7. The molecule has 7 heteroatoms. The lowest BCUT2D eigenvalue weighted by molar-refractivity contribution is -0.149. The molecule has 0 aromatic heterocycles. The van der Waals surface area contributed by atoms with Crippen LogP contribution in [0.25, 0.3) is 0 Å². The maximum Gasteiger partial charge on any atom is 0.307 e. The van der Waals surface area contributed by atoms with Crippen molar-refractivity contribution in [3.8, 4) is 0 Å². The first-order valence-corrected chi connectivity index (χ1v) is 24.8. The van der Waals surface area contributed by atoms with Crippen molar-refractivity contribution in [1.82, 2.24) is 9.80 Å². The largest absolute Gasteiger partial charge is 0.466 e. The second kappa shape index (κ2) is 31.8. The fraction of sp³-hybridized carbons (Fsp3) is 0.843. The van der Waals surface area contributed by atoms with E-state index in [4.69, 9.17) is 14.2 Å². The number of carbonyl (C=O) groups is 2. The van der Waals surface area contributed by atoms with Crippen molar-refractivity contribution in [2.45, 2.75) is 207 Å². The highest BCUT2D eigenvalue weighted by atomic mass is 16.5. The fourth-order valence-electron chi connectivity index (χ4n) is 9.53. The van der Waals surface area contributed by atoms with E-state index in [0.29, 0.717) is 37.1 Å². The third-order valence-electron chi connectivity index (χ3n) is 13.7. The number of unbranched alkanes of at least 4 members (excludes halogenated alkanes) is 9. The highest BCUT2D eigenvalue weighted by Crippen LogP contribution is 2.42. The summed E-state index contributed by atoms with van der Waals surface area (Å²) in [7, 11) is 0. The average Bonchev–Trinajstić information content (AvgIpc) is 3.23. The van der Waals surface area contributed by atoms with Crippen LogP contribution < -0.4 is 0 Å². The SMILES string of the molecule is CCCCCC(CCCCC)CCOC(=O)CC(CC(=O)OCCC(CCCCC)CCCCC)N1CCC2(CCN(CCCCOCc3ccccc3)CC2)CC1. The Labute approximate surface area is 357 Å². The van der Waals surface area contributed by atoms with Gasteiger partial charge in [0, 0.05) is 12.6 Å². The Morgan fingerprint density at radius 3 is 1.50 bits per heavy atom. The van der Waals surface area contributed by atoms with Crippen LogP contribution >= 0.6 is 0 Å². The quantitative estimate of drug-likeness (QED) is 0.0507. The molecule has 0 saturated carbocycles. The topological polar surface area (TPSA) is 68.3 Å². The minimum atomic E-state index is -0.156. The Bertz CT molecular complexity index is 1080. The number of nitrogens with zero attached hydrogens (tertiary/aromatic N) is 2. The van der Waals surface area contributed by atoms with Gasteiger partial charge in [-0.05, 0) is 107 Å². The van der Waals surface area contributed by atoms with Gasteiger partial charge in [-0.2, -0.15) is 0 Å². The summed E-state index contributed by atoms with van der Waals surface area (Å²) in [6.07, 6.45) is 29.6. The van der Waals surface area contributed by atoms with E-state index >= 15 is 0 Å². The Kier molecular flexibility index (Phi) is 27.7. The molecule has 2 saturated heterocycles. The van der Waals surface area contributed by atoms with Crippen molar-refractivity contribution in [2.24, 2.45) is 17.3 Å². The summed E-state index contributed by atoms with van der Waals surface area (Å²) < 4.78 is 17.8. The van der Waals surface area contributed by atoms with Crippen LogP contribution in [0, 0.1) is 17.3 Å². The Balaban J connectivity index is 1.48. The number of ether oxygens (including phenoxy) is 3. The molecule has 334 valence electrons. The second-order valence-corrected chi connectivity index (χ2v) is 18.4. The summed E-state index contributed by atoms with van der Waals surface area (Å²) in [6, 6.07) is 10.3. The molecule has 0 unspecified atom stereocenters. The molecule has 3 rings (SSSR count). The number of rotatable bonds is 34. The molecule has 0 radical (unpaired) electrons. The van der Waals surface area contributed by atoms with Gasteiger partial charge < -0.3 is 19.1 Å². The standard InChI is InChI=1S/C51H90N2O5/c1-5-9-14-22-45(23-15-10-6-2)28-40-57-49(54)42-48(43-50(55)58-41-29-46(24-16-11-7-3)25-17-12-8-4)53-37-32-51(33-38-53)30-35-52(36-31-51)34-20-21-39-56-44-47-26-18-13-19-27-47/h13,18-19,26-27,45-46,48H,5-12,14-17,20-25,28-44H2,1-4H3. The van der Waals surface area contributed by atoms with Gasteiger partial charge >= 0.3 is 11.9 Å². The first-order valence-electron chi connectivity index (χ1n) is 24.8. The number of carbonyl (C=O) groups excluding carboxylic acids is 2. The van der Waals surface area contributed by atoms with E-state index < -0.39 is 0 Å². The Hall–Kier alpha value is -1.96. The molecule has 0 aliphatic carbocycles. The summed E-state index contributed by atoms with van der Waals surface area (Å²) in [6.45, 7) is 16.9. The van der Waals surface area contributed by atoms with Gasteiger partial charge in [0.2, 0.25) is 0 Å². The summed E-state index contributed by atoms with van der Waals surface area (Å²) in [4.78, 5) is 32.0. The highest BCUT2D eigenvalue weighted by molar-refractivity contribution is 5.74. The molecule has 2 heterocycles. The predicted molar refractivity (Wildman–Crippen MR) is 242 cm³/mol. The Morgan fingerprint density at radius 1 is 0.569 bits per heavy atom. The van der Waals surface area contributed by atoms with Crippen LogP contribution in [0.1, 0.15) is 200 Å². The second-order valence-electron chi connectivity index (χ2n) is 18.4. The summed E-state index contributed by atoms with van der Waals surface area (Å²) in [5, 5.41) is 0. The predicted octanol–water partition coefficient (Wildman–Crippen LogP) is 12.7. The van der Waals surface area contributed by atoms with Gasteiger partial charge in [0.25, 0.3) is 0 Å². The number of hydrogen-bond donors (Lipinski definition) is 0. The minimum absolute atomic E-state index is 0.148. The monoisotopic (exact) mass is 811 g/mol. The molecule has 1 aromatic carbocycles. The van der Waals surface area contributed by atoms with Gasteiger partial charge in [-0.25, -0.2) is 0 Å². The average molecular weight is 811 g/mol. The number of hydrogen-bond acceptors (Lipinski definition) is 7. The van der Waals surface area contributed by atoms with Crippen LogP contribution in [-0.2, 0) is 30.4 Å². The summed E-state index contributed by atoms with van der Waals surface area (Å²) >= 11 is 0. The Morgan fingerprint density at radius 2 is 1.03 bits per heavy atom. The van der Waals surface area contributed by atoms with Crippen LogP contribution in [0.3, 0.4) is 0 Å². The van der Waals surface area contributed by atoms with Gasteiger partial charge in [-0.15, -0.1) is 0 Å². The van der Waals surface area contributed by atoms with Crippen LogP contribution in [-0.4, -0.2) is 80.3 Å². The summed E-state index contributed by atoms with van der Waals surface area (Å²) in [5.74, 6) is 0.968. The van der Waals surface area contributed by atoms with Crippen molar-refractivity contribution in [3.63, 3.8) is 0 Å². The first-order chi connectivity index (χ1) is 28.4. The maximum absolute atomic E-state index is 13.5. The molecule has 1 aromatic rings. The zero-order valence-corrected chi connectivity index (χ0v) is 38.3. The van der Waals surface area contributed by atoms with E-state index in [-0.39, 0.29) is 30.8 Å². The van der Waals surface area contributed by atoms with E-state index in [1.807, 2.05) is 6.07 Å². The molecule has 7 nitrogen and oxygen atoms in total. The van der Waals surface area contributed by atoms with Gasteiger partial charge in [0.15, 0.2) is 0 Å². The van der Waals surface area contributed by atoms with Gasteiger partial charge in [-0.3, -0.25) is 14.5 Å². The molecule has 2 aliphatic rings. The van der Waals surface area contributed by atoms with E-state index in [9.17, 15) is 9.59 Å². The molecular weight excluding hydrogens is 721 g/mol. The van der Waals surface area contributed by atoms with Crippen molar-refractivity contribution < 1.29 is 23.8 Å². The molecule has 0 bridgehead atoms. The highest BCUT2D eigenvalue weighted by Gasteiger charge is 2.39. The summed E-state index contributed by atoms with van der Waals surface area (Å²) in [5.41, 5.74) is 1.62. The van der Waals surface area contributed by atoms with E-state index in [1.165, 1.54) is 141 Å². The van der Waals surface area contributed by atoms with Gasteiger partial charge in [-0.1, -0.05) is 161 Å². The number of likely N-dealkylation sites (tertiary alicyclic amines) is 2. The van der Waals surface area contributed by atoms with Crippen molar-refractivity contribution in [3.05, 3.63) is 35.9 Å². The van der Waals surface area contributed by atoms with Crippen LogP contribution in [0.2, 0.25) is 0 Å². The van der Waals surface area contributed by atoms with Crippen molar-refractivity contribution in [2.75, 3.05) is 52.5 Å². The third kappa shape index (κ3) is 22.0. The molecule has 0 amide bonds. The zero-order valence-electron chi connectivity index (χ0n) is 38.3. The smallest absolute Gasteiger partial charge is 0.307 e. The van der Waals surface area contributed by atoms with Crippen LogP contribution in [0.5, 0.6) is 0 Å². The maximum atomic E-state index is 13.5. The molecular formula is C51H90N2O5. The zero-order chi connectivity index (χ0) is 41.5. The molecule has 2 aliphatic heterocycles. The molecule has 58 heavy (non-hydrogen) atoms. The van der Waals surface area contributed by atoms with E-state index in [1.54, 1.807) is 0 Å². The molecule has 1 spiro atoms. The van der Waals surface area contributed by atoms with Gasteiger partial charge in [0.1, 0.15) is 0 Å². The van der Waals surface area contributed by atoms with E-state index in [0.717, 1.165) is 58.3 Å². The lowest BCUT2D eigenvalue weighted by Gasteiger charge is -2.48. The van der Waals surface area contributed by atoms with Crippen LogP contribution in [0.4, 0.5) is 0 Å². The van der Waals surface area contributed by atoms with Crippen molar-refractivity contribution in [1.29, 1.82) is 0 Å². The fourth-order valence-corrected chi connectivity index (χ4v) is 9.53. The number of esters is 2.